The fourth-order valence-electron chi connectivity index (χ4n) is 4.19. The zero-order valence-electron chi connectivity index (χ0n) is 18.2. The van der Waals surface area contributed by atoms with Crippen LogP contribution in [0.3, 0.4) is 0 Å². The molecule has 0 spiro atoms. The van der Waals surface area contributed by atoms with E-state index in [1.54, 1.807) is 4.90 Å². The second kappa shape index (κ2) is 10.2. The van der Waals surface area contributed by atoms with Crippen LogP contribution in [-0.2, 0) is 16.0 Å². The first-order chi connectivity index (χ1) is 13.9. The standard InChI is InChI=1S/C23H36N4O2/c1-18(2)23(29)27-11-5-4-9-21(27)22(28)24-20-8-6-7-19(17-20)10-12-26-15-13-25(3)14-16-26/h6-8,17-18,21H,4-5,9-16H2,1-3H3,(H,24,28)/t21-/m0/s1. The molecule has 29 heavy (non-hydrogen) atoms. The second-order valence-corrected chi connectivity index (χ2v) is 8.78. The van der Waals surface area contributed by atoms with Crippen molar-refractivity contribution < 1.29 is 9.59 Å². The number of amides is 2. The number of nitrogens with one attached hydrogen (secondary N) is 1. The van der Waals surface area contributed by atoms with Crippen molar-refractivity contribution in [3.05, 3.63) is 29.8 Å². The molecule has 6 heteroatoms. The molecule has 160 valence electrons. The Morgan fingerprint density at radius 1 is 1.10 bits per heavy atom. The minimum absolute atomic E-state index is 0.0603. The Morgan fingerprint density at radius 3 is 2.59 bits per heavy atom. The molecule has 2 amide bonds. The van der Waals surface area contributed by atoms with E-state index in [-0.39, 0.29) is 23.8 Å². The van der Waals surface area contributed by atoms with E-state index in [1.807, 2.05) is 26.0 Å². The van der Waals surface area contributed by atoms with E-state index in [0.29, 0.717) is 6.54 Å². The molecule has 3 rings (SSSR count). The van der Waals surface area contributed by atoms with Gasteiger partial charge in [0.1, 0.15) is 6.04 Å². The lowest BCUT2D eigenvalue weighted by Crippen LogP contribution is -2.51. The summed E-state index contributed by atoms with van der Waals surface area (Å²) in [5, 5.41) is 3.07. The van der Waals surface area contributed by atoms with Crippen LogP contribution in [0.4, 0.5) is 5.69 Å². The van der Waals surface area contributed by atoms with Crippen LogP contribution < -0.4 is 5.32 Å². The molecule has 0 bridgehead atoms. The largest absolute Gasteiger partial charge is 0.330 e. The molecule has 2 fully saturated rings. The lowest BCUT2D eigenvalue weighted by Gasteiger charge is -2.35. The first kappa shape index (κ1) is 21.8. The van der Waals surface area contributed by atoms with Crippen molar-refractivity contribution in [2.75, 3.05) is 51.6 Å². The molecule has 0 aliphatic carbocycles. The van der Waals surface area contributed by atoms with Gasteiger partial charge in [-0.25, -0.2) is 0 Å². The van der Waals surface area contributed by atoms with Crippen LogP contribution >= 0.6 is 0 Å². The van der Waals surface area contributed by atoms with Gasteiger partial charge < -0.3 is 20.0 Å². The molecule has 1 aromatic rings. The lowest BCUT2D eigenvalue weighted by molar-refractivity contribution is -0.142. The molecule has 0 aromatic heterocycles. The van der Waals surface area contributed by atoms with Gasteiger partial charge in [0.2, 0.25) is 11.8 Å². The SMILES string of the molecule is CC(C)C(=O)N1CCCC[C@H]1C(=O)Nc1cccc(CCN2CCN(C)CC2)c1. The van der Waals surface area contributed by atoms with Gasteiger partial charge in [0.25, 0.3) is 0 Å². The predicted molar refractivity (Wildman–Crippen MR) is 117 cm³/mol. The highest BCUT2D eigenvalue weighted by molar-refractivity contribution is 5.97. The Bertz CT molecular complexity index is 698. The molecule has 2 saturated heterocycles. The van der Waals surface area contributed by atoms with Crippen LogP contribution in [0.25, 0.3) is 0 Å². The maximum atomic E-state index is 12.9. The lowest BCUT2D eigenvalue weighted by atomic mass is 9.99. The minimum atomic E-state index is -0.354. The molecule has 0 unspecified atom stereocenters. The third kappa shape index (κ3) is 6.03. The number of rotatable bonds is 6. The number of anilines is 1. The van der Waals surface area contributed by atoms with Crippen molar-refractivity contribution in [1.82, 2.24) is 14.7 Å². The molecule has 1 N–H and O–H groups in total. The van der Waals surface area contributed by atoms with Gasteiger partial charge in [0, 0.05) is 50.9 Å². The topological polar surface area (TPSA) is 55.9 Å². The van der Waals surface area contributed by atoms with Gasteiger partial charge in [-0.2, -0.15) is 0 Å². The van der Waals surface area contributed by atoms with Crippen molar-refractivity contribution >= 4 is 17.5 Å². The molecule has 2 heterocycles. The number of hydrogen-bond acceptors (Lipinski definition) is 4. The highest BCUT2D eigenvalue weighted by atomic mass is 16.2. The van der Waals surface area contributed by atoms with Gasteiger partial charge in [-0.05, 0) is 50.4 Å². The van der Waals surface area contributed by atoms with Gasteiger partial charge in [0.05, 0.1) is 0 Å². The van der Waals surface area contributed by atoms with Gasteiger partial charge in [-0.3, -0.25) is 9.59 Å². The van der Waals surface area contributed by atoms with E-state index < -0.39 is 0 Å². The summed E-state index contributed by atoms with van der Waals surface area (Å²) in [6.45, 7) is 10.0. The van der Waals surface area contributed by atoms with Crippen LogP contribution in [0, 0.1) is 5.92 Å². The molecule has 1 aromatic carbocycles. The summed E-state index contributed by atoms with van der Waals surface area (Å²) in [7, 11) is 2.17. The van der Waals surface area contributed by atoms with E-state index in [0.717, 1.165) is 64.1 Å². The fourth-order valence-corrected chi connectivity index (χ4v) is 4.19. The number of nitrogens with zero attached hydrogens (tertiary/aromatic N) is 3. The number of benzene rings is 1. The molecule has 1 atom stereocenters. The summed E-state index contributed by atoms with van der Waals surface area (Å²) in [5.74, 6) is -0.0676. The number of likely N-dealkylation sites (N-methyl/N-ethyl adjacent to an activating group) is 1. The van der Waals surface area contributed by atoms with Crippen molar-refractivity contribution in [3.8, 4) is 0 Å². The van der Waals surface area contributed by atoms with E-state index in [9.17, 15) is 9.59 Å². The van der Waals surface area contributed by atoms with Gasteiger partial charge in [-0.15, -0.1) is 0 Å². The van der Waals surface area contributed by atoms with Gasteiger partial charge in [0.15, 0.2) is 0 Å². The van der Waals surface area contributed by atoms with Crippen LogP contribution in [0.15, 0.2) is 24.3 Å². The highest BCUT2D eigenvalue weighted by Crippen LogP contribution is 2.21. The zero-order valence-corrected chi connectivity index (χ0v) is 18.2. The quantitative estimate of drug-likeness (QED) is 0.797. The van der Waals surface area contributed by atoms with Crippen LogP contribution in [0.5, 0.6) is 0 Å². The third-order valence-electron chi connectivity index (χ3n) is 6.09. The van der Waals surface area contributed by atoms with Crippen LogP contribution in [-0.4, -0.2) is 78.9 Å². The minimum Gasteiger partial charge on any atom is -0.330 e. The molecule has 2 aliphatic heterocycles. The first-order valence-corrected chi connectivity index (χ1v) is 11.0. The number of piperazine rings is 1. The summed E-state index contributed by atoms with van der Waals surface area (Å²) in [6, 6.07) is 7.79. The average molecular weight is 401 g/mol. The van der Waals surface area contributed by atoms with E-state index in [2.05, 4.69) is 34.3 Å². The van der Waals surface area contributed by atoms with E-state index in [4.69, 9.17) is 0 Å². The predicted octanol–water partition coefficient (Wildman–Crippen LogP) is 2.45. The number of piperidine rings is 1. The summed E-state index contributed by atoms with van der Waals surface area (Å²) in [5.41, 5.74) is 2.06. The summed E-state index contributed by atoms with van der Waals surface area (Å²) in [4.78, 5) is 32.1. The smallest absolute Gasteiger partial charge is 0.247 e. The maximum absolute atomic E-state index is 12.9. The monoisotopic (exact) mass is 400 g/mol. The Balaban J connectivity index is 1.57. The number of carbonyl (C=O) groups excluding carboxylic acids is 2. The number of hydrogen-bond donors (Lipinski definition) is 1. The Hall–Kier alpha value is -1.92. The maximum Gasteiger partial charge on any atom is 0.247 e. The second-order valence-electron chi connectivity index (χ2n) is 8.78. The summed E-state index contributed by atoms with van der Waals surface area (Å²) >= 11 is 0. The first-order valence-electron chi connectivity index (χ1n) is 11.0. The van der Waals surface area contributed by atoms with Crippen molar-refractivity contribution in [2.24, 2.45) is 5.92 Å². The average Bonchev–Trinajstić information content (AvgIpc) is 2.73. The Morgan fingerprint density at radius 2 is 1.86 bits per heavy atom. The normalized spacial score (nSPS) is 21.4. The van der Waals surface area contributed by atoms with Crippen molar-refractivity contribution in [3.63, 3.8) is 0 Å². The van der Waals surface area contributed by atoms with Gasteiger partial charge >= 0.3 is 0 Å². The summed E-state index contributed by atoms with van der Waals surface area (Å²) in [6.07, 6.45) is 3.69. The molecule has 6 nitrogen and oxygen atoms in total. The highest BCUT2D eigenvalue weighted by Gasteiger charge is 2.33. The van der Waals surface area contributed by atoms with Crippen molar-refractivity contribution in [1.29, 1.82) is 0 Å². The van der Waals surface area contributed by atoms with Crippen LogP contribution in [0.2, 0.25) is 0 Å². The third-order valence-corrected chi connectivity index (χ3v) is 6.09. The number of likely N-dealkylation sites (tertiary alicyclic amines) is 1. The Labute approximate surface area is 175 Å². The van der Waals surface area contributed by atoms with E-state index in [1.165, 1.54) is 5.56 Å². The fraction of sp³-hybridized carbons (Fsp3) is 0.652. The molecular weight excluding hydrogens is 364 g/mol. The Kier molecular flexibility index (Phi) is 7.67. The molecule has 0 saturated carbocycles. The molecule has 2 aliphatic rings. The van der Waals surface area contributed by atoms with Gasteiger partial charge in [-0.1, -0.05) is 26.0 Å². The number of carbonyl (C=O) groups is 2. The molecular formula is C23H36N4O2. The summed E-state index contributed by atoms with van der Waals surface area (Å²) < 4.78 is 0. The zero-order chi connectivity index (χ0) is 20.8. The van der Waals surface area contributed by atoms with Crippen LogP contribution in [0.1, 0.15) is 38.7 Å². The molecule has 0 radical (unpaired) electrons. The van der Waals surface area contributed by atoms with E-state index >= 15 is 0 Å². The van der Waals surface area contributed by atoms with Crippen molar-refractivity contribution in [2.45, 2.75) is 45.6 Å².